The van der Waals surface area contributed by atoms with Crippen LogP contribution in [0.1, 0.15) is 5.56 Å². The molecule has 0 N–H and O–H groups in total. The maximum atomic E-state index is 11.7. The van der Waals surface area contributed by atoms with E-state index in [-0.39, 0.29) is 0 Å². The molecule has 6 nitrogen and oxygen atoms in total. The molecule has 0 unspecified atom stereocenters. The van der Waals surface area contributed by atoms with Crippen LogP contribution in [-0.2, 0) is 0 Å². The Kier molecular flexibility index (Phi) is 13.2. The maximum absolute atomic E-state index is 11.7. The summed E-state index contributed by atoms with van der Waals surface area (Å²) in [7, 11) is 0. The number of nitrogens with zero attached hydrogens (tertiary/aromatic N) is 6. The summed E-state index contributed by atoms with van der Waals surface area (Å²) in [5.41, 5.74) is 26.4. The van der Waals surface area contributed by atoms with Gasteiger partial charge in [0.1, 0.15) is 0 Å². The van der Waals surface area contributed by atoms with Crippen LogP contribution < -0.4 is 0 Å². The molecular weight excluding hydrogens is 1150 g/mol. The Balaban J connectivity index is 0.955. The Morgan fingerprint density at radius 2 is 0.474 bits per heavy atom. The number of pyridine rings is 2. The monoisotopic (exact) mass is 1210 g/mol. The van der Waals surface area contributed by atoms with E-state index in [1.807, 2.05) is 24.8 Å². The molecule has 0 aliphatic carbocycles. The van der Waals surface area contributed by atoms with E-state index < -0.39 is 0 Å². The molecule has 95 heavy (non-hydrogen) atoms. The lowest BCUT2D eigenvalue weighted by atomic mass is 9.92. The van der Waals surface area contributed by atoms with Crippen molar-refractivity contribution in [1.29, 1.82) is 5.26 Å². The molecule has 6 heteroatoms. The largest absolute Gasteiger partial charge is 0.308 e. The van der Waals surface area contributed by atoms with Crippen LogP contribution in [0.4, 0.5) is 0 Å². The Bertz CT molecular complexity index is 5510. The molecule has 5 aromatic heterocycles. The van der Waals surface area contributed by atoms with Crippen LogP contribution in [0.3, 0.4) is 0 Å². The molecule has 0 atom stereocenters. The Hall–Kier alpha value is -13.0. The van der Waals surface area contributed by atoms with Crippen LogP contribution in [0.25, 0.3) is 171 Å². The summed E-state index contributed by atoms with van der Waals surface area (Å²) in [5, 5.41) is 18.3. The van der Waals surface area contributed by atoms with Crippen molar-refractivity contribution in [1.82, 2.24) is 23.7 Å². The molecule has 0 radical (unpaired) electrons. The molecule has 0 saturated heterocycles. The average Bonchev–Trinajstić information content (AvgIpc) is 1.61. The van der Waals surface area contributed by atoms with E-state index in [2.05, 4.69) is 335 Å². The molecule has 0 aliphatic rings. The van der Waals surface area contributed by atoms with Crippen LogP contribution in [0.5, 0.6) is 0 Å². The van der Waals surface area contributed by atoms with E-state index in [9.17, 15) is 5.26 Å². The lowest BCUT2D eigenvalue weighted by Gasteiger charge is -2.23. The van der Waals surface area contributed by atoms with Gasteiger partial charge in [0.05, 0.1) is 74.2 Å². The highest BCUT2D eigenvalue weighted by molar-refractivity contribution is 6.16. The number of nitriles is 1. The molecule has 0 saturated carbocycles. The summed E-state index contributed by atoms with van der Waals surface area (Å²) in [6.45, 7) is 0. The summed E-state index contributed by atoms with van der Waals surface area (Å²) >= 11 is 0. The fourth-order valence-electron chi connectivity index (χ4n) is 14.6. The van der Waals surface area contributed by atoms with Crippen molar-refractivity contribution in [2.45, 2.75) is 0 Å². The minimum atomic E-state index is 0.507. The lowest BCUT2D eigenvalue weighted by Crippen LogP contribution is -2.06. The Labute approximate surface area is 549 Å². The second kappa shape index (κ2) is 22.8. The fraction of sp³-hybridized carbons (Fsp3) is 0. The quantitative estimate of drug-likeness (QED) is 0.130. The second-order valence-corrected chi connectivity index (χ2v) is 24.4. The van der Waals surface area contributed by atoms with Gasteiger partial charge in [0.2, 0.25) is 0 Å². The number of benzene rings is 13. The van der Waals surface area contributed by atoms with E-state index in [1.165, 1.54) is 0 Å². The van der Waals surface area contributed by atoms with Crippen molar-refractivity contribution in [2.75, 3.05) is 0 Å². The van der Waals surface area contributed by atoms with E-state index in [0.29, 0.717) is 5.56 Å². The third-order valence-corrected chi connectivity index (χ3v) is 19.1. The van der Waals surface area contributed by atoms with Crippen LogP contribution in [0.15, 0.2) is 340 Å². The van der Waals surface area contributed by atoms with Crippen molar-refractivity contribution < 1.29 is 0 Å². The lowest BCUT2D eigenvalue weighted by molar-refractivity contribution is 1.12. The molecule has 0 aliphatic heterocycles. The smallest absolute Gasteiger partial charge is 0.0992 e. The van der Waals surface area contributed by atoms with Gasteiger partial charge >= 0.3 is 0 Å². The first-order valence-electron chi connectivity index (χ1n) is 32.1. The van der Waals surface area contributed by atoms with E-state index in [0.717, 1.165) is 171 Å². The summed E-state index contributed by atoms with van der Waals surface area (Å²) in [5.74, 6) is 0. The van der Waals surface area contributed by atoms with Gasteiger partial charge in [-0.3, -0.25) is 9.97 Å². The van der Waals surface area contributed by atoms with Crippen LogP contribution in [0.2, 0.25) is 0 Å². The molecule has 5 heterocycles. The molecule has 0 bridgehead atoms. The zero-order valence-corrected chi connectivity index (χ0v) is 51.5. The first-order valence-corrected chi connectivity index (χ1v) is 32.1. The minimum Gasteiger partial charge on any atom is -0.308 e. The van der Waals surface area contributed by atoms with Crippen LogP contribution in [0, 0.1) is 11.3 Å². The van der Waals surface area contributed by atoms with Gasteiger partial charge < -0.3 is 13.7 Å². The zero-order chi connectivity index (χ0) is 62.9. The first kappa shape index (κ1) is 54.9. The van der Waals surface area contributed by atoms with Gasteiger partial charge in [-0.15, -0.1) is 0 Å². The van der Waals surface area contributed by atoms with Gasteiger partial charge in [-0.05, 0) is 164 Å². The number of fused-ring (bicyclic) bond motifs is 9. The van der Waals surface area contributed by atoms with Gasteiger partial charge in [0.25, 0.3) is 0 Å². The third-order valence-electron chi connectivity index (χ3n) is 19.1. The van der Waals surface area contributed by atoms with Gasteiger partial charge in [-0.2, -0.15) is 5.26 Å². The van der Waals surface area contributed by atoms with Crippen molar-refractivity contribution in [2.24, 2.45) is 0 Å². The highest BCUT2D eigenvalue weighted by Gasteiger charge is 2.28. The highest BCUT2D eigenvalue weighted by atomic mass is 15.0. The SMILES string of the molecule is N#Cc1cc(-c2ccncc2-n2c3ccc(-c4ccccc4)cc3c3cc(-c4ccccc4)ccc32)c(-n2c3ccc(-c4ccccc4)cc3c3cc(-c4ccccc4)ccc32)c(-c2ccncc2-n2c3ccc(-c4ccccc4)cc3c3cc(-c4ccccc4)ccc32)c1. The topological polar surface area (TPSA) is 64.4 Å². The highest BCUT2D eigenvalue weighted by Crippen LogP contribution is 2.49. The van der Waals surface area contributed by atoms with E-state index >= 15 is 0 Å². The number of hydrogen-bond donors (Lipinski definition) is 0. The molecule has 18 aromatic rings. The van der Waals surface area contributed by atoms with Crippen LogP contribution >= 0.6 is 0 Å². The summed E-state index contributed by atoms with van der Waals surface area (Å²) < 4.78 is 7.22. The summed E-state index contributed by atoms with van der Waals surface area (Å²) in [6.07, 6.45) is 7.79. The zero-order valence-electron chi connectivity index (χ0n) is 51.5. The Morgan fingerprint density at radius 3 is 0.716 bits per heavy atom. The van der Waals surface area contributed by atoms with Gasteiger partial charge in [0, 0.05) is 67.0 Å². The summed E-state index contributed by atoms with van der Waals surface area (Å²) in [4.78, 5) is 10.0. The minimum absolute atomic E-state index is 0.507. The first-order chi connectivity index (χ1) is 47.1. The second-order valence-electron chi connectivity index (χ2n) is 24.4. The molecule has 0 fully saturated rings. The van der Waals surface area contributed by atoms with Crippen molar-refractivity contribution in [3.05, 3.63) is 346 Å². The van der Waals surface area contributed by atoms with Gasteiger partial charge in [0.15, 0.2) is 0 Å². The molecule has 0 spiro atoms. The summed E-state index contributed by atoms with van der Waals surface area (Å²) in [6, 6.07) is 116. The standard InChI is InChI=1S/C89H56N6/c90-55-58-47-79(71-43-45-91-56-87(71)93-81-37-31-65(59-19-7-1-8-20-59)49-73(81)74-50-66(32-38-82(74)93)60-21-9-2-10-22-60)89(95-85-41-35-69(63-27-15-5-16-28-63)53-77(85)78-54-70(36-42-86(78)95)64-29-17-6-18-30-64)80(48-58)72-44-46-92-57-88(72)94-83-39-33-67(61-23-11-3-12-24-61)51-75(83)76-52-68(34-40-84(76)94)62-25-13-4-14-26-62/h1-54,56-57H. The average molecular weight is 1210 g/mol. The number of aromatic nitrogens is 5. The van der Waals surface area contributed by atoms with Crippen LogP contribution in [-0.4, -0.2) is 23.7 Å². The van der Waals surface area contributed by atoms with Gasteiger partial charge in [-0.25, -0.2) is 0 Å². The van der Waals surface area contributed by atoms with Crippen molar-refractivity contribution in [3.63, 3.8) is 0 Å². The van der Waals surface area contributed by atoms with E-state index in [1.54, 1.807) is 0 Å². The molecule has 18 rings (SSSR count). The molecule has 0 amide bonds. The molecule has 442 valence electrons. The number of rotatable bonds is 11. The normalized spacial score (nSPS) is 11.6. The van der Waals surface area contributed by atoms with E-state index in [4.69, 9.17) is 9.97 Å². The Morgan fingerprint density at radius 1 is 0.232 bits per heavy atom. The molecular formula is C89H56N6. The fourth-order valence-corrected chi connectivity index (χ4v) is 14.6. The predicted molar refractivity (Wildman–Crippen MR) is 393 cm³/mol. The number of hydrogen-bond acceptors (Lipinski definition) is 3. The maximum Gasteiger partial charge on any atom is 0.0992 e. The predicted octanol–water partition coefficient (Wildman–Crippen LogP) is 23.0. The molecule has 13 aromatic carbocycles. The van der Waals surface area contributed by atoms with Crippen molar-refractivity contribution >= 4 is 65.4 Å². The van der Waals surface area contributed by atoms with Crippen molar-refractivity contribution in [3.8, 4) is 112 Å². The van der Waals surface area contributed by atoms with Gasteiger partial charge in [-0.1, -0.05) is 218 Å². The third kappa shape index (κ3) is 9.33.